The Bertz CT molecular complexity index is 443. The Balaban J connectivity index is 3.15. The topological polar surface area (TPSA) is 106 Å². The standard InChI is InChI=1S/C9H14N2O3S/c10-5-1-2-7-3-4-8(11)6-9(7)15(12,13)14/h3-4,6H,1-2,5,10-11H2,(H,12,13,14). The summed E-state index contributed by atoms with van der Waals surface area (Å²) in [6, 6.07) is 4.44. The van der Waals surface area contributed by atoms with Crippen molar-refractivity contribution in [2.75, 3.05) is 12.3 Å². The monoisotopic (exact) mass is 230 g/mol. The van der Waals surface area contributed by atoms with Crippen LogP contribution < -0.4 is 11.5 Å². The molecule has 0 bridgehead atoms. The van der Waals surface area contributed by atoms with Crippen LogP contribution in [0.5, 0.6) is 0 Å². The summed E-state index contributed by atoms with van der Waals surface area (Å²) in [7, 11) is -4.21. The highest BCUT2D eigenvalue weighted by molar-refractivity contribution is 7.85. The quantitative estimate of drug-likeness (QED) is 0.513. The molecule has 0 saturated carbocycles. The Morgan fingerprint density at radius 3 is 2.53 bits per heavy atom. The van der Waals surface area contributed by atoms with Gasteiger partial charge in [0.15, 0.2) is 0 Å². The average Bonchev–Trinajstić information content (AvgIpc) is 2.14. The normalized spacial score (nSPS) is 11.6. The Morgan fingerprint density at radius 1 is 1.33 bits per heavy atom. The van der Waals surface area contributed by atoms with Gasteiger partial charge in [0.25, 0.3) is 10.1 Å². The van der Waals surface area contributed by atoms with E-state index in [2.05, 4.69) is 0 Å². The lowest BCUT2D eigenvalue weighted by Gasteiger charge is -2.07. The molecular weight excluding hydrogens is 216 g/mol. The molecule has 0 amide bonds. The minimum absolute atomic E-state index is 0.129. The largest absolute Gasteiger partial charge is 0.399 e. The Kier molecular flexibility index (Phi) is 3.67. The first kappa shape index (κ1) is 12.0. The van der Waals surface area contributed by atoms with Gasteiger partial charge in [-0.1, -0.05) is 6.07 Å². The Hall–Kier alpha value is -1.11. The van der Waals surface area contributed by atoms with E-state index < -0.39 is 10.1 Å². The van der Waals surface area contributed by atoms with E-state index in [0.717, 1.165) is 0 Å². The number of anilines is 1. The third-order valence-corrected chi connectivity index (χ3v) is 2.96. The zero-order valence-corrected chi connectivity index (χ0v) is 9.00. The summed E-state index contributed by atoms with van der Waals surface area (Å²) in [5, 5.41) is 0. The number of rotatable bonds is 4. The van der Waals surface area contributed by atoms with Gasteiger partial charge in [0.05, 0.1) is 4.90 Å². The summed E-state index contributed by atoms with van der Waals surface area (Å²) in [6.07, 6.45) is 1.17. The highest BCUT2D eigenvalue weighted by Crippen LogP contribution is 2.20. The lowest BCUT2D eigenvalue weighted by atomic mass is 10.1. The lowest BCUT2D eigenvalue weighted by Crippen LogP contribution is -2.07. The van der Waals surface area contributed by atoms with Crippen molar-refractivity contribution >= 4 is 15.8 Å². The van der Waals surface area contributed by atoms with Crippen molar-refractivity contribution in [2.24, 2.45) is 5.73 Å². The number of nitrogens with two attached hydrogens (primary N) is 2. The fraction of sp³-hybridized carbons (Fsp3) is 0.333. The molecule has 0 fully saturated rings. The molecule has 0 aliphatic rings. The fourth-order valence-electron chi connectivity index (χ4n) is 1.31. The molecule has 0 saturated heterocycles. The van der Waals surface area contributed by atoms with Crippen LogP contribution in [0.2, 0.25) is 0 Å². The van der Waals surface area contributed by atoms with Crippen LogP contribution in [0.3, 0.4) is 0 Å². The highest BCUT2D eigenvalue weighted by Gasteiger charge is 2.15. The van der Waals surface area contributed by atoms with Crippen molar-refractivity contribution in [3.05, 3.63) is 23.8 Å². The maximum Gasteiger partial charge on any atom is 0.294 e. The van der Waals surface area contributed by atoms with E-state index >= 15 is 0 Å². The van der Waals surface area contributed by atoms with Crippen molar-refractivity contribution in [2.45, 2.75) is 17.7 Å². The van der Waals surface area contributed by atoms with Gasteiger partial charge in [0.2, 0.25) is 0 Å². The van der Waals surface area contributed by atoms with Crippen molar-refractivity contribution < 1.29 is 13.0 Å². The van der Waals surface area contributed by atoms with Crippen LogP contribution in [-0.2, 0) is 16.5 Å². The molecule has 0 heterocycles. The minimum atomic E-state index is -4.21. The Labute approximate surface area is 88.8 Å². The summed E-state index contributed by atoms with van der Waals surface area (Å²) < 4.78 is 31.1. The maximum atomic E-state index is 11.0. The van der Waals surface area contributed by atoms with Crippen LogP contribution in [0.25, 0.3) is 0 Å². The van der Waals surface area contributed by atoms with Crippen molar-refractivity contribution in [1.82, 2.24) is 0 Å². The molecule has 15 heavy (non-hydrogen) atoms. The second-order valence-corrected chi connectivity index (χ2v) is 4.62. The van der Waals surface area contributed by atoms with E-state index in [1.807, 2.05) is 0 Å². The number of hydrogen-bond donors (Lipinski definition) is 3. The third-order valence-electron chi connectivity index (χ3n) is 2.02. The molecule has 5 N–H and O–H groups in total. The highest BCUT2D eigenvalue weighted by atomic mass is 32.2. The number of nitrogen functional groups attached to an aromatic ring is 1. The smallest absolute Gasteiger partial charge is 0.294 e. The van der Waals surface area contributed by atoms with E-state index in [-0.39, 0.29) is 4.90 Å². The minimum Gasteiger partial charge on any atom is -0.399 e. The van der Waals surface area contributed by atoms with Crippen molar-refractivity contribution in [3.63, 3.8) is 0 Å². The fourth-order valence-corrected chi connectivity index (χ4v) is 2.10. The number of hydrogen-bond acceptors (Lipinski definition) is 4. The molecule has 0 aliphatic carbocycles. The van der Waals surface area contributed by atoms with Gasteiger partial charge in [-0.3, -0.25) is 4.55 Å². The first-order chi connectivity index (χ1) is 6.95. The summed E-state index contributed by atoms with van der Waals surface area (Å²) in [4.78, 5) is -0.129. The van der Waals surface area contributed by atoms with Crippen LogP contribution in [0, 0.1) is 0 Å². The number of aryl methyl sites for hydroxylation is 1. The van der Waals surface area contributed by atoms with E-state index in [1.165, 1.54) is 6.07 Å². The van der Waals surface area contributed by atoms with Crippen LogP contribution in [-0.4, -0.2) is 19.5 Å². The maximum absolute atomic E-state index is 11.0. The zero-order valence-electron chi connectivity index (χ0n) is 8.18. The summed E-state index contributed by atoms with van der Waals surface area (Å²) >= 11 is 0. The predicted molar refractivity (Wildman–Crippen MR) is 58.0 cm³/mol. The van der Waals surface area contributed by atoms with Crippen LogP contribution in [0.4, 0.5) is 5.69 Å². The van der Waals surface area contributed by atoms with Gasteiger partial charge in [-0.25, -0.2) is 0 Å². The van der Waals surface area contributed by atoms with Crippen molar-refractivity contribution in [3.8, 4) is 0 Å². The van der Waals surface area contributed by atoms with Gasteiger partial charge in [-0.2, -0.15) is 8.42 Å². The number of benzene rings is 1. The van der Waals surface area contributed by atoms with E-state index in [1.54, 1.807) is 12.1 Å². The SMILES string of the molecule is NCCCc1ccc(N)cc1S(=O)(=O)O. The van der Waals surface area contributed by atoms with Gasteiger partial charge in [-0.05, 0) is 37.1 Å². The molecule has 1 rings (SSSR count). The molecule has 0 spiro atoms. The molecule has 5 nitrogen and oxygen atoms in total. The van der Waals surface area contributed by atoms with Crippen LogP contribution >= 0.6 is 0 Å². The van der Waals surface area contributed by atoms with E-state index in [0.29, 0.717) is 30.6 Å². The van der Waals surface area contributed by atoms with Gasteiger partial charge in [0.1, 0.15) is 0 Å². The zero-order chi connectivity index (χ0) is 11.5. The Morgan fingerprint density at radius 2 is 2.00 bits per heavy atom. The molecule has 0 aromatic heterocycles. The van der Waals surface area contributed by atoms with Gasteiger partial charge < -0.3 is 11.5 Å². The molecule has 0 aliphatic heterocycles. The molecule has 0 radical (unpaired) electrons. The van der Waals surface area contributed by atoms with Gasteiger partial charge in [0, 0.05) is 5.69 Å². The van der Waals surface area contributed by atoms with Gasteiger partial charge >= 0.3 is 0 Å². The third kappa shape index (κ3) is 3.19. The van der Waals surface area contributed by atoms with Gasteiger partial charge in [-0.15, -0.1) is 0 Å². The molecule has 0 unspecified atom stereocenters. The predicted octanol–water partition coefficient (Wildman–Crippen LogP) is 0.407. The van der Waals surface area contributed by atoms with Crippen LogP contribution in [0.15, 0.2) is 23.1 Å². The second-order valence-electron chi connectivity index (χ2n) is 3.23. The second kappa shape index (κ2) is 4.61. The molecule has 1 aromatic rings. The molecule has 6 heteroatoms. The first-order valence-corrected chi connectivity index (χ1v) is 5.95. The summed E-state index contributed by atoms with van der Waals surface area (Å²) in [5.74, 6) is 0. The van der Waals surface area contributed by atoms with Crippen molar-refractivity contribution in [1.29, 1.82) is 0 Å². The molecular formula is C9H14N2O3S. The summed E-state index contributed by atoms with van der Waals surface area (Å²) in [6.45, 7) is 0.468. The molecule has 1 aromatic carbocycles. The first-order valence-electron chi connectivity index (χ1n) is 4.51. The average molecular weight is 230 g/mol. The van der Waals surface area contributed by atoms with E-state index in [9.17, 15) is 8.42 Å². The van der Waals surface area contributed by atoms with E-state index in [4.69, 9.17) is 16.0 Å². The van der Waals surface area contributed by atoms with Crippen LogP contribution in [0.1, 0.15) is 12.0 Å². The molecule has 84 valence electrons. The summed E-state index contributed by atoms with van der Waals surface area (Å²) in [5.41, 5.74) is 11.6. The lowest BCUT2D eigenvalue weighted by molar-refractivity contribution is 0.482. The molecule has 0 atom stereocenters.